The van der Waals surface area contributed by atoms with Crippen LogP contribution in [0.25, 0.3) is 0 Å². The minimum absolute atomic E-state index is 0.129. The van der Waals surface area contributed by atoms with Crippen LogP contribution < -0.4 is 10.7 Å². The fraction of sp³-hybridized carbons (Fsp3) is 0.714. The number of nitrogens with one attached hydrogen (secondary N) is 1. The number of hydrogen-bond donors (Lipinski definition) is 2. The van der Waals surface area contributed by atoms with Crippen LogP contribution in [0.3, 0.4) is 0 Å². The molecule has 2 aliphatic rings. The molecule has 1 atom stereocenters. The molecule has 0 aromatic heterocycles. The van der Waals surface area contributed by atoms with Crippen LogP contribution in [0, 0.1) is 0 Å². The number of amides is 2. The molecule has 0 radical (unpaired) electrons. The van der Waals surface area contributed by atoms with E-state index in [1.807, 2.05) is 0 Å². The predicted octanol–water partition coefficient (Wildman–Crippen LogP) is -0.759. The van der Waals surface area contributed by atoms with E-state index < -0.39 is 19.8 Å². The van der Waals surface area contributed by atoms with E-state index in [0.29, 0.717) is 4.94 Å². The normalized spacial score (nSPS) is 22.7. The number of carbonyl (C=O) groups excluding carboxylic acids is 2. The number of hydrazine groups is 2. The number of ether oxygens (including phenoxy) is 2. The average Bonchev–Trinajstić information content (AvgIpc) is 2.90. The van der Waals surface area contributed by atoms with Gasteiger partial charge in [-0.1, -0.05) is 0 Å². The molecule has 2 heterocycles. The van der Waals surface area contributed by atoms with E-state index in [9.17, 15) is 14.2 Å². The summed E-state index contributed by atoms with van der Waals surface area (Å²) in [6.07, 6.45) is -1.44. The number of cyclic esters (lactones) is 2. The Morgan fingerprint density at radius 3 is 2.42 bits per heavy atom. The van der Waals surface area contributed by atoms with Crippen LogP contribution in [0.5, 0.6) is 0 Å². The minimum Gasteiger partial charge on any atom is -0.447 e. The lowest BCUT2D eigenvalue weighted by molar-refractivity contribution is -0.168. The molecule has 0 aliphatic carbocycles. The van der Waals surface area contributed by atoms with Crippen LogP contribution in [0.1, 0.15) is 0 Å². The van der Waals surface area contributed by atoms with Crippen molar-refractivity contribution in [2.75, 3.05) is 33.4 Å². The van der Waals surface area contributed by atoms with Gasteiger partial charge in [0.1, 0.15) is 13.2 Å². The lowest BCUT2D eigenvalue weighted by Crippen LogP contribution is -2.49. The van der Waals surface area contributed by atoms with Crippen LogP contribution in [0.2, 0.25) is 0 Å². The molecule has 0 aromatic carbocycles. The van der Waals surface area contributed by atoms with Gasteiger partial charge in [0.05, 0.1) is 20.2 Å². The zero-order chi connectivity index (χ0) is 14.0. The first-order chi connectivity index (χ1) is 8.95. The van der Waals surface area contributed by atoms with E-state index in [4.69, 9.17) is 15.1 Å². The van der Waals surface area contributed by atoms with Gasteiger partial charge in [0.25, 0.3) is 0 Å². The number of nitrogens with zero attached hydrogens (tertiary/aromatic N) is 3. The summed E-state index contributed by atoms with van der Waals surface area (Å²) in [5.74, 6) is 0. The summed E-state index contributed by atoms with van der Waals surface area (Å²) in [5.41, 5.74) is 5.60. The topological polar surface area (TPSA) is 127 Å². The molecule has 12 heteroatoms. The van der Waals surface area contributed by atoms with Gasteiger partial charge in [0.2, 0.25) is 0 Å². The first-order valence-electron chi connectivity index (χ1n) is 5.35. The van der Waals surface area contributed by atoms with Crippen LogP contribution in [0.4, 0.5) is 9.59 Å². The highest BCUT2D eigenvalue weighted by Crippen LogP contribution is 2.39. The molecule has 2 fully saturated rings. The van der Waals surface area contributed by atoms with E-state index in [1.165, 1.54) is 7.11 Å². The Morgan fingerprint density at radius 2 is 1.95 bits per heavy atom. The smallest absolute Gasteiger partial charge is 0.426 e. The summed E-state index contributed by atoms with van der Waals surface area (Å²) >= 11 is 0. The van der Waals surface area contributed by atoms with E-state index >= 15 is 0 Å². The first kappa shape index (κ1) is 14.0. The van der Waals surface area contributed by atoms with Crippen molar-refractivity contribution in [1.82, 2.24) is 20.2 Å². The van der Waals surface area contributed by atoms with Gasteiger partial charge >= 0.3 is 19.8 Å². The Balaban J connectivity index is 2.09. The second-order valence-corrected chi connectivity index (χ2v) is 5.45. The van der Waals surface area contributed by atoms with Crippen molar-refractivity contribution in [3.8, 4) is 0 Å². The Bertz CT molecular complexity index is 432. The van der Waals surface area contributed by atoms with Crippen molar-refractivity contribution in [2.24, 2.45) is 5.50 Å². The van der Waals surface area contributed by atoms with Crippen molar-refractivity contribution >= 4 is 19.8 Å². The summed E-state index contributed by atoms with van der Waals surface area (Å²) < 4.78 is 21.7. The molecular weight excluding hydrogens is 281 g/mol. The van der Waals surface area contributed by atoms with Crippen molar-refractivity contribution < 1.29 is 28.5 Å². The summed E-state index contributed by atoms with van der Waals surface area (Å²) in [6, 6.07) is 0. The number of carbonyl (C=O) groups is 2. The summed E-state index contributed by atoms with van der Waals surface area (Å²) in [5, 5.41) is 4.19. The SMILES string of the molecule is CON(N1CCOC1=O)P(N)(=O)NN1CCOC1=O. The molecule has 3 N–H and O–H groups in total. The molecule has 0 saturated carbocycles. The van der Waals surface area contributed by atoms with Gasteiger partial charge in [-0.3, -0.25) is 14.9 Å². The zero-order valence-corrected chi connectivity index (χ0v) is 11.0. The van der Waals surface area contributed by atoms with Crippen LogP contribution in [-0.4, -0.2) is 60.6 Å². The van der Waals surface area contributed by atoms with Crippen molar-refractivity contribution in [1.29, 1.82) is 0 Å². The highest BCUT2D eigenvalue weighted by molar-refractivity contribution is 7.56. The minimum atomic E-state index is -3.86. The maximum absolute atomic E-state index is 12.3. The molecule has 11 nitrogen and oxygen atoms in total. The fourth-order valence-electron chi connectivity index (χ4n) is 1.62. The first-order valence-corrected chi connectivity index (χ1v) is 7.08. The van der Waals surface area contributed by atoms with Gasteiger partial charge in [0, 0.05) is 0 Å². The fourth-order valence-corrected chi connectivity index (χ4v) is 2.95. The van der Waals surface area contributed by atoms with Crippen molar-refractivity contribution in [3.63, 3.8) is 0 Å². The molecule has 2 aliphatic heterocycles. The maximum Gasteiger partial charge on any atom is 0.426 e. The Kier molecular flexibility index (Phi) is 3.92. The molecule has 19 heavy (non-hydrogen) atoms. The molecule has 0 spiro atoms. The third kappa shape index (κ3) is 2.80. The number of rotatable bonds is 5. The molecule has 2 amide bonds. The molecule has 2 rings (SSSR count). The third-order valence-electron chi connectivity index (χ3n) is 2.39. The number of hydrogen-bond acceptors (Lipinski definition) is 6. The molecule has 0 bridgehead atoms. The Hall–Kier alpha value is -1.39. The second-order valence-electron chi connectivity index (χ2n) is 3.66. The summed E-state index contributed by atoms with van der Waals surface area (Å²) in [7, 11) is -2.67. The number of nitrogens with two attached hydrogens (primary N) is 1. The van der Waals surface area contributed by atoms with E-state index in [1.54, 1.807) is 0 Å². The van der Waals surface area contributed by atoms with Crippen LogP contribution in [-0.2, 0) is 18.9 Å². The lowest BCUT2D eigenvalue weighted by Gasteiger charge is -2.32. The highest BCUT2D eigenvalue weighted by atomic mass is 31.2. The molecule has 0 aromatic rings. The average molecular weight is 295 g/mol. The van der Waals surface area contributed by atoms with Gasteiger partial charge in [-0.25, -0.2) is 19.6 Å². The van der Waals surface area contributed by atoms with Crippen LogP contribution in [0.15, 0.2) is 0 Å². The Morgan fingerprint density at radius 1 is 1.32 bits per heavy atom. The maximum atomic E-state index is 12.3. The van der Waals surface area contributed by atoms with Gasteiger partial charge < -0.3 is 9.47 Å². The summed E-state index contributed by atoms with van der Waals surface area (Å²) in [4.78, 5) is 28.2. The van der Waals surface area contributed by atoms with Gasteiger partial charge in [-0.05, 0) is 4.94 Å². The summed E-state index contributed by atoms with van der Waals surface area (Å²) in [6.45, 7) is 0.608. The molecule has 108 valence electrons. The zero-order valence-electron chi connectivity index (χ0n) is 10.1. The highest BCUT2D eigenvalue weighted by Gasteiger charge is 2.41. The molecule has 2 saturated heterocycles. The monoisotopic (exact) mass is 295 g/mol. The van der Waals surface area contributed by atoms with Crippen molar-refractivity contribution in [2.45, 2.75) is 0 Å². The van der Waals surface area contributed by atoms with E-state index in [0.717, 1.165) is 10.0 Å². The van der Waals surface area contributed by atoms with Crippen molar-refractivity contribution in [3.05, 3.63) is 0 Å². The van der Waals surface area contributed by atoms with E-state index in [2.05, 4.69) is 9.93 Å². The quantitative estimate of drug-likeness (QED) is 0.497. The van der Waals surface area contributed by atoms with Gasteiger partial charge in [-0.15, -0.1) is 5.20 Å². The lowest BCUT2D eigenvalue weighted by atomic mass is 10.7. The Labute approximate surface area is 108 Å². The van der Waals surface area contributed by atoms with Gasteiger partial charge in [0.15, 0.2) is 0 Å². The third-order valence-corrected chi connectivity index (χ3v) is 3.80. The van der Waals surface area contributed by atoms with Gasteiger partial charge in [-0.2, -0.15) is 0 Å². The molecular formula is C7H14N5O6P. The largest absolute Gasteiger partial charge is 0.447 e. The van der Waals surface area contributed by atoms with Crippen LogP contribution >= 0.6 is 7.59 Å². The van der Waals surface area contributed by atoms with E-state index in [-0.39, 0.29) is 26.3 Å². The molecule has 1 unspecified atom stereocenters. The standard InChI is InChI=1S/C7H14N5O6P/c1-16-12(11-3-5-18-7(11)14)19(8,15)9-10-2-4-17-6(10)13/h2-5H2,1H3,(H3,8,9,15). The predicted molar refractivity (Wildman–Crippen MR) is 59.9 cm³/mol. The second kappa shape index (κ2) is 5.31.